The van der Waals surface area contributed by atoms with Crippen molar-refractivity contribution in [2.24, 2.45) is 5.92 Å². The topological polar surface area (TPSA) is 106 Å². The highest BCUT2D eigenvalue weighted by Crippen LogP contribution is 2.21. The van der Waals surface area contributed by atoms with Crippen LogP contribution in [0, 0.1) is 5.92 Å². The highest BCUT2D eigenvalue weighted by molar-refractivity contribution is 6.09. The van der Waals surface area contributed by atoms with Crippen molar-refractivity contribution in [2.75, 3.05) is 7.11 Å². The molecule has 1 heterocycles. The Morgan fingerprint density at radius 3 is 2.60 bits per heavy atom. The van der Waals surface area contributed by atoms with Gasteiger partial charge in [0.2, 0.25) is 0 Å². The number of amides is 1. The Kier molecular flexibility index (Phi) is 10.4. The van der Waals surface area contributed by atoms with Crippen LogP contribution in [0.3, 0.4) is 0 Å². The summed E-state index contributed by atoms with van der Waals surface area (Å²) in [6, 6.07) is 1.31. The molecule has 1 aromatic rings. The molecule has 0 aliphatic rings. The second-order valence-corrected chi connectivity index (χ2v) is 7.29. The highest BCUT2D eigenvalue weighted by atomic mass is 16.5. The summed E-state index contributed by atoms with van der Waals surface area (Å²) in [7, 11) is 1.27. The lowest BCUT2D eigenvalue weighted by atomic mass is 10.0. The van der Waals surface area contributed by atoms with E-state index in [1.807, 2.05) is 19.9 Å². The van der Waals surface area contributed by atoms with E-state index in [4.69, 9.17) is 4.42 Å². The average molecular weight is 418 g/mol. The van der Waals surface area contributed by atoms with E-state index in [1.54, 1.807) is 19.1 Å². The minimum absolute atomic E-state index is 0.0677. The van der Waals surface area contributed by atoms with Crippen LogP contribution in [0.25, 0.3) is 0 Å². The number of nitrogens with one attached hydrogen (secondary N) is 1. The number of hydrogen-bond donors (Lipinski definition) is 2. The van der Waals surface area contributed by atoms with Crippen molar-refractivity contribution in [3.63, 3.8) is 0 Å². The van der Waals surface area contributed by atoms with E-state index < -0.39 is 17.5 Å². The first-order valence-electron chi connectivity index (χ1n) is 9.93. The maximum absolute atomic E-state index is 12.6. The first-order chi connectivity index (χ1) is 14.2. The van der Waals surface area contributed by atoms with Crippen LogP contribution in [-0.2, 0) is 11.2 Å². The molecule has 0 bridgehead atoms. The molecule has 0 fully saturated rings. The fourth-order valence-corrected chi connectivity index (χ4v) is 2.77. The molecule has 0 saturated heterocycles. The van der Waals surface area contributed by atoms with Crippen molar-refractivity contribution in [1.29, 1.82) is 0 Å². The third kappa shape index (κ3) is 8.11. The second-order valence-electron chi connectivity index (χ2n) is 7.29. The molecule has 1 rings (SSSR count). The predicted molar refractivity (Wildman–Crippen MR) is 116 cm³/mol. The van der Waals surface area contributed by atoms with E-state index in [-0.39, 0.29) is 23.0 Å². The van der Waals surface area contributed by atoms with E-state index in [9.17, 15) is 19.5 Å². The van der Waals surface area contributed by atoms with Crippen molar-refractivity contribution < 1.29 is 23.8 Å². The normalized spacial score (nSPS) is 13.4. The molecule has 0 unspecified atom stereocenters. The van der Waals surface area contributed by atoms with Crippen LogP contribution in [0.1, 0.15) is 63.1 Å². The van der Waals surface area contributed by atoms with Crippen molar-refractivity contribution >= 4 is 11.9 Å². The number of ether oxygens (including phenoxy) is 1. The molecule has 0 aromatic carbocycles. The molecular weight excluding hydrogens is 386 g/mol. The van der Waals surface area contributed by atoms with Crippen molar-refractivity contribution in [3.8, 4) is 5.75 Å². The lowest BCUT2D eigenvalue weighted by molar-refractivity contribution is 0.102. The van der Waals surface area contributed by atoms with Crippen LogP contribution in [0.4, 0.5) is 4.79 Å². The van der Waals surface area contributed by atoms with Gasteiger partial charge in [-0.05, 0) is 38.2 Å². The van der Waals surface area contributed by atoms with Gasteiger partial charge >= 0.3 is 11.7 Å². The number of aromatic hydroxyl groups is 1. The molecule has 164 valence electrons. The fraction of sp³-hybridized carbons (Fsp3) is 0.435. The zero-order chi connectivity index (χ0) is 22.7. The number of rotatable bonds is 10. The maximum Gasteiger partial charge on any atom is 0.410 e. The largest absolute Gasteiger partial charge is 0.507 e. The van der Waals surface area contributed by atoms with Crippen LogP contribution in [0.15, 0.2) is 50.9 Å². The summed E-state index contributed by atoms with van der Waals surface area (Å²) >= 11 is 0. The summed E-state index contributed by atoms with van der Waals surface area (Å²) < 4.78 is 9.72. The quantitative estimate of drug-likeness (QED) is 0.326. The number of alkyl carbamates (subject to hydrolysis) is 1. The van der Waals surface area contributed by atoms with Crippen LogP contribution < -0.4 is 10.9 Å². The third-order valence-corrected chi connectivity index (χ3v) is 4.42. The summed E-state index contributed by atoms with van der Waals surface area (Å²) in [5, 5.41) is 12.7. The smallest absolute Gasteiger partial charge is 0.410 e. The summed E-state index contributed by atoms with van der Waals surface area (Å²) in [5.74, 6) is -0.587. The first-order valence-corrected chi connectivity index (χ1v) is 9.93. The molecule has 7 heteroatoms. The molecule has 1 atom stereocenters. The first kappa shape index (κ1) is 24.9. The molecule has 0 aliphatic carbocycles. The van der Waals surface area contributed by atoms with Crippen LogP contribution in [0.2, 0.25) is 0 Å². The Balaban J connectivity index is 2.87. The van der Waals surface area contributed by atoms with Gasteiger partial charge in [-0.1, -0.05) is 44.1 Å². The van der Waals surface area contributed by atoms with Gasteiger partial charge in [-0.3, -0.25) is 10.1 Å². The van der Waals surface area contributed by atoms with Gasteiger partial charge in [0.05, 0.1) is 7.11 Å². The van der Waals surface area contributed by atoms with Gasteiger partial charge in [0, 0.05) is 18.7 Å². The number of methoxy groups -OCH3 is 1. The molecule has 1 aromatic heterocycles. The number of ketones is 1. The zero-order valence-electron chi connectivity index (χ0n) is 18.3. The number of Topliss-reactive ketones (excluding diaryl/α,β-unsaturated/α-hetero) is 1. The number of carbonyl (C=O) groups excluding carboxylic acids is 2. The molecule has 7 nitrogen and oxygen atoms in total. The SMILES string of the molecule is CCC/C(C)=C/C=C(\C)C(=O)c1c(O)cc(C[C@H](C)C/C=C/NC(=O)OC)oc1=O. The van der Waals surface area contributed by atoms with Gasteiger partial charge < -0.3 is 14.3 Å². The van der Waals surface area contributed by atoms with E-state index in [2.05, 4.69) is 17.0 Å². The summed E-state index contributed by atoms with van der Waals surface area (Å²) in [5.41, 5.74) is 0.259. The summed E-state index contributed by atoms with van der Waals surface area (Å²) in [6.45, 7) is 7.57. The van der Waals surface area contributed by atoms with Crippen LogP contribution in [0.5, 0.6) is 5.75 Å². The van der Waals surface area contributed by atoms with E-state index in [1.165, 1.54) is 19.4 Å². The minimum atomic E-state index is -0.855. The molecule has 0 radical (unpaired) electrons. The lowest BCUT2D eigenvalue weighted by Gasteiger charge is -2.09. The second kappa shape index (κ2) is 12.5. The molecule has 2 N–H and O–H groups in total. The predicted octanol–water partition coefficient (Wildman–Crippen LogP) is 4.66. The minimum Gasteiger partial charge on any atom is -0.507 e. The van der Waals surface area contributed by atoms with Gasteiger partial charge in [0.15, 0.2) is 5.78 Å². The van der Waals surface area contributed by atoms with Crippen LogP contribution in [-0.4, -0.2) is 24.1 Å². The Hall–Kier alpha value is -3.09. The molecule has 0 aliphatic heterocycles. The highest BCUT2D eigenvalue weighted by Gasteiger charge is 2.20. The maximum atomic E-state index is 12.6. The molecular formula is C23H31NO6. The van der Waals surface area contributed by atoms with Crippen molar-refractivity contribution in [3.05, 3.63) is 63.4 Å². The Bertz CT molecular complexity index is 891. The van der Waals surface area contributed by atoms with E-state index in [0.717, 1.165) is 18.4 Å². The summed E-state index contributed by atoms with van der Waals surface area (Å²) in [6.07, 6.45) is 9.06. The monoisotopic (exact) mass is 417 g/mol. The lowest BCUT2D eigenvalue weighted by Crippen LogP contribution is -2.17. The van der Waals surface area contributed by atoms with Gasteiger partial charge in [0.25, 0.3) is 0 Å². The molecule has 0 spiro atoms. The fourth-order valence-electron chi connectivity index (χ4n) is 2.77. The third-order valence-electron chi connectivity index (χ3n) is 4.42. The molecule has 0 saturated carbocycles. The average Bonchev–Trinajstić information content (AvgIpc) is 2.68. The number of allylic oxidation sites excluding steroid dienone is 5. The van der Waals surface area contributed by atoms with Gasteiger partial charge in [-0.2, -0.15) is 0 Å². The Morgan fingerprint density at radius 2 is 2.00 bits per heavy atom. The van der Waals surface area contributed by atoms with Gasteiger partial charge in [-0.25, -0.2) is 9.59 Å². The van der Waals surface area contributed by atoms with E-state index >= 15 is 0 Å². The van der Waals surface area contributed by atoms with Crippen molar-refractivity contribution in [1.82, 2.24) is 5.32 Å². The molecule has 1 amide bonds. The Labute approximate surface area is 177 Å². The van der Waals surface area contributed by atoms with E-state index in [0.29, 0.717) is 18.4 Å². The zero-order valence-corrected chi connectivity index (χ0v) is 18.3. The standard InChI is InChI=1S/C23H31NO6/c1-6-8-15(2)10-11-17(4)21(26)20-19(25)14-18(30-22(20)27)13-16(3)9-7-12-24-23(28)29-5/h7,10-12,14,16,25H,6,8-9,13H2,1-5H3,(H,24,28)/b12-7+,15-10+,17-11+/t16-/m1/s1. The summed E-state index contributed by atoms with van der Waals surface area (Å²) in [4.78, 5) is 35.9. The van der Waals surface area contributed by atoms with Gasteiger partial charge in [-0.15, -0.1) is 0 Å². The Morgan fingerprint density at radius 1 is 1.30 bits per heavy atom. The van der Waals surface area contributed by atoms with Crippen molar-refractivity contribution in [2.45, 2.75) is 53.4 Å². The molecule has 30 heavy (non-hydrogen) atoms. The van der Waals surface area contributed by atoms with Crippen LogP contribution >= 0.6 is 0 Å². The number of carbonyl (C=O) groups is 2. The van der Waals surface area contributed by atoms with Gasteiger partial charge in [0.1, 0.15) is 17.1 Å². The number of hydrogen-bond acceptors (Lipinski definition) is 6.